The normalized spacial score (nSPS) is 11.5. The molecule has 0 N–H and O–H groups in total. The standard InChI is InChI=1S/C44H26F2N6O2/c45-36-26-49-44(50-43(36)46)27-21-30(53-28-15-17-34-32-9-1-3-11-37(32)51(39(34)24-28)41-13-5-7-19-47-41)23-31(22-27)54-29-16-18-35-33-10-2-4-12-38(33)52(40(35)25-29)42-14-6-8-20-48-42/h1-26H. The fourth-order valence-corrected chi connectivity index (χ4v) is 7.07. The smallest absolute Gasteiger partial charge is 0.252 e. The highest BCUT2D eigenvalue weighted by Gasteiger charge is 2.18. The predicted octanol–water partition coefficient (Wildman–Crippen LogP) is 11.0. The summed E-state index contributed by atoms with van der Waals surface area (Å²) < 4.78 is 45.5. The van der Waals surface area contributed by atoms with Gasteiger partial charge in [-0.1, -0.05) is 48.5 Å². The van der Waals surface area contributed by atoms with Gasteiger partial charge in [0.2, 0.25) is 0 Å². The monoisotopic (exact) mass is 708 g/mol. The molecule has 0 unspecified atom stereocenters. The number of halogens is 2. The summed E-state index contributed by atoms with van der Waals surface area (Å²) in [4.78, 5) is 17.1. The van der Waals surface area contributed by atoms with Crippen molar-refractivity contribution in [3.8, 4) is 46.0 Å². The topological polar surface area (TPSA) is 79.9 Å². The van der Waals surface area contributed by atoms with Crippen LogP contribution in [0.25, 0.3) is 66.6 Å². The number of aromatic nitrogens is 6. The summed E-state index contributed by atoms with van der Waals surface area (Å²) in [6.45, 7) is 0. The molecule has 0 aliphatic carbocycles. The van der Waals surface area contributed by atoms with Crippen LogP contribution in [0.15, 0.2) is 158 Å². The number of fused-ring (bicyclic) bond motifs is 6. The number of benzene rings is 5. The average Bonchev–Trinajstić information content (AvgIpc) is 3.71. The van der Waals surface area contributed by atoms with Gasteiger partial charge in [0.15, 0.2) is 11.6 Å². The minimum atomic E-state index is -1.26. The molecule has 0 bridgehead atoms. The van der Waals surface area contributed by atoms with E-state index >= 15 is 0 Å². The van der Waals surface area contributed by atoms with E-state index in [9.17, 15) is 8.78 Å². The molecule has 5 aromatic heterocycles. The molecule has 258 valence electrons. The Bertz CT molecular complexity index is 2860. The summed E-state index contributed by atoms with van der Waals surface area (Å²) in [5.74, 6) is 0.946. The molecule has 0 saturated heterocycles. The Morgan fingerprint density at radius 2 is 0.944 bits per heavy atom. The second kappa shape index (κ2) is 12.6. The molecule has 10 aromatic rings. The van der Waals surface area contributed by atoms with Crippen LogP contribution in [0.1, 0.15) is 0 Å². The first-order valence-electron chi connectivity index (χ1n) is 17.2. The van der Waals surface area contributed by atoms with Gasteiger partial charge in [0, 0.05) is 57.7 Å². The number of rotatable bonds is 7. The molecule has 0 saturated carbocycles. The molecule has 0 aliphatic heterocycles. The first-order valence-corrected chi connectivity index (χ1v) is 17.2. The highest BCUT2D eigenvalue weighted by Crippen LogP contribution is 2.39. The number of nitrogens with zero attached hydrogens (tertiary/aromatic N) is 6. The quantitative estimate of drug-likeness (QED) is 0.153. The molecule has 8 nitrogen and oxygen atoms in total. The largest absolute Gasteiger partial charge is 0.457 e. The SMILES string of the molecule is Fc1cnc(-c2cc(Oc3ccc4c5ccccc5n(-c5ccccn5)c4c3)cc(Oc3ccc4c5ccccc5n(-c5ccccn5)c4c3)c2)nc1F. The predicted molar refractivity (Wildman–Crippen MR) is 205 cm³/mol. The van der Waals surface area contributed by atoms with E-state index in [0.717, 1.165) is 61.4 Å². The maximum Gasteiger partial charge on any atom is 0.252 e. The Labute approximate surface area is 306 Å². The van der Waals surface area contributed by atoms with Crippen molar-refractivity contribution in [1.29, 1.82) is 0 Å². The van der Waals surface area contributed by atoms with Crippen LogP contribution in [0.3, 0.4) is 0 Å². The number of hydrogen-bond donors (Lipinski definition) is 0. The minimum Gasteiger partial charge on any atom is -0.457 e. The summed E-state index contributed by atoms with van der Waals surface area (Å²) in [6.07, 6.45) is 4.33. The zero-order valence-electron chi connectivity index (χ0n) is 28.3. The molecule has 0 aliphatic rings. The zero-order valence-corrected chi connectivity index (χ0v) is 28.3. The first-order chi connectivity index (χ1) is 26.6. The summed E-state index contributed by atoms with van der Waals surface area (Å²) in [5.41, 5.74) is 4.20. The highest BCUT2D eigenvalue weighted by molar-refractivity contribution is 6.10. The van der Waals surface area contributed by atoms with Crippen molar-refractivity contribution in [2.75, 3.05) is 0 Å². The van der Waals surface area contributed by atoms with Crippen LogP contribution in [0.2, 0.25) is 0 Å². The third kappa shape index (κ3) is 5.36. The molecule has 10 heteroatoms. The Morgan fingerprint density at radius 1 is 0.444 bits per heavy atom. The van der Waals surface area contributed by atoms with Crippen LogP contribution in [0, 0.1) is 11.8 Å². The minimum absolute atomic E-state index is 0.0272. The van der Waals surface area contributed by atoms with E-state index in [4.69, 9.17) is 9.47 Å². The average molecular weight is 709 g/mol. The van der Waals surface area contributed by atoms with Gasteiger partial charge in [-0.15, -0.1) is 0 Å². The molecule has 5 aromatic carbocycles. The van der Waals surface area contributed by atoms with Crippen LogP contribution >= 0.6 is 0 Å². The summed E-state index contributed by atoms with van der Waals surface area (Å²) in [5, 5.41) is 4.24. The fourth-order valence-electron chi connectivity index (χ4n) is 7.07. The van der Waals surface area contributed by atoms with Crippen molar-refractivity contribution in [2.45, 2.75) is 0 Å². The molecule has 0 radical (unpaired) electrons. The maximum absolute atomic E-state index is 14.4. The van der Waals surface area contributed by atoms with Gasteiger partial charge in [-0.3, -0.25) is 9.13 Å². The van der Waals surface area contributed by atoms with Crippen molar-refractivity contribution in [1.82, 2.24) is 29.1 Å². The number of ether oxygens (including phenoxy) is 2. The van der Waals surface area contributed by atoms with E-state index < -0.39 is 11.8 Å². The van der Waals surface area contributed by atoms with Crippen molar-refractivity contribution in [3.05, 3.63) is 170 Å². The van der Waals surface area contributed by atoms with Gasteiger partial charge in [0.1, 0.15) is 34.6 Å². The molecule has 0 atom stereocenters. The third-order valence-electron chi connectivity index (χ3n) is 9.36. The van der Waals surface area contributed by atoms with Gasteiger partial charge in [0.25, 0.3) is 5.95 Å². The van der Waals surface area contributed by atoms with E-state index in [1.807, 2.05) is 97.1 Å². The molecule has 54 heavy (non-hydrogen) atoms. The second-order valence-corrected chi connectivity index (χ2v) is 12.7. The molecule has 10 rings (SSSR count). The molecule has 5 heterocycles. The lowest BCUT2D eigenvalue weighted by Gasteiger charge is -2.13. The van der Waals surface area contributed by atoms with Crippen molar-refractivity contribution >= 4 is 43.6 Å². The lowest BCUT2D eigenvalue weighted by atomic mass is 10.1. The van der Waals surface area contributed by atoms with Crippen LogP contribution in [0.4, 0.5) is 8.78 Å². The highest BCUT2D eigenvalue weighted by atomic mass is 19.2. The molecule has 0 fully saturated rings. The van der Waals surface area contributed by atoms with Gasteiger partial charge in [-0.05, 0) is 72.8 Å². The maximum atomic E-state index is 14.4. The van der Waals surface area contributed by atoms with E-state index in [0.29, 0.717) is 28.6 Å². The molecular formula is C44H26F2N6O2. The molecule has 0 spiro atoms. The second-order valence-electron chi connectivity index (χ2n) is 12.7. The van der Waals surface area contributed by atoms with Gasteiger partial charge < -0.3 is 9.47 Å². The Kier molecular flexibility index (Phi) is 7.32. The number of pyridine rings is 2. The molecular weight excluding hydrogens is 683 g/mol. The van der Waals surface area contributed by atoms with Gasteiger partial charge in [-0.25, -0.2) is 19.3 Å². The Hall–Kier alpha value is -7.46. The third-order valence-corrected chi connectivity index (χ3v) is 9.36. The first kappa shape index (κ1) is 31.3. The van der Waals surface area contributed by atoms with Crippen molar-refractivity contribution in [3.63, 3.8) is 0 Å². The van der Waals surface area contributed by atoms with Crippen LogP contribution in [-0.2, 0) is 0 Å². The zero-order chi connectivity index (χ0) is 36.2. The lowest BCUT2D eigenvalue weighted by molar-refractivity contribution is 0.460. The lowest BCUT2D eigenvalue weighted by Crippen LogP contribution is -1.98. The van der Waals surface area contributed by atoms with Crippen molar-refractivity contribution < 1.29 is 18.3 Å². The summed E-state index contributed by atoms with van der Waals surface area (Å²) in [7, 11) is 0. The van der Waals surface area contributed by atoms with Crippen molar-refractivity contribution in [2.24, 2.45) is 0 Å². The van der Waals surface area contributed by atoms with E-state index in [2.05, 4.69) is 53.3 Å². The molecule has 0 amide bonds. The van der Waals surface area contributed by atoms with Crippen LogP contribution in [-0.4, -0.2) is 29.1 Å². The summed E-state index contributed by atoms with van der Waals surface area (Å²) >= 11 is 0. The van der Waals surface area contributed by atoms with E-state index in [1.165, 1.54) is 0 Å². The fraction of sp³-hybridized carbons (Fsp3) is 0. The number of para-hydroxylation sites is 2. The summed E-state index contributed by atoms with van der Waals surface area (Å²) in [6, 6.07) is 44.7. The van der Waals surface area contributed by atoms with Gasteiger partial charge in [-0.2, -0.15) is 9.37 Å². The Morgan fingerprint density at radius 3 is 1.44 bits per heavy atom. The van der Waals surface area contributed by atoms with E-state index in [1.54, 1.807) is 30.6 Å². The van der Waals surface area contributed by atoms with E-state index in [-0.39, 0.29) is 5.82 Å². The van der Waals surface area contributed by atoms with Gasteiger partial charge in [0.05, 0.1) is 28.3 Å². The van der Waals surface area contributed by atoms with Crippen LogP contribution < -0.4 is 9.47 Å². The number of hydrogen-bond acceptors (Lipinski definition) is 6. The van der Waals surface area contributed by atoms with Crippen LogP contribution in [0.5, 0.6) is 23.0 Å². The van der Waals surface area contributed by atoms with Gasteiger partial charge >= 0.3 is 0 Å². The Balaban J connectivity index is 1.08.